The zero-order valence-electron chi connectivity index (χ0n) is 17.8. The molecule has 0 unspecified atom stereocenters. The Labute approximate surface area is 182 Å². The zero-order valence-corrected chi connectivity index (χ0v) is 17.8. The molecule has 1 saturated heterocycles. The van der Waals surface area contributed by atoms with Gasteiger partial charge in [0.15, 0.2) is 5.76 Å². The number of hydrogen-bond acceptors (Lipinski definition) is 3. The normalized spacial score (nSPS) is 14.8. The summed E-state index contributed by atoms with van der Waals surface area (Å²) in [6, 6.07) is 22.3. The van der Waals surface area contributed by atoms with Gasteiger partial charge in [-0.1, -0.05) is 42.0 Å². The minimum atomic E-state index is 0.0870. The van der Waals surface area contributed by atoms with Gasteiger partial charge in [0.1, 0.15) is 5.69 Å². The van der Waals surface area contributed by atoms with Crippen LogP contribution < -0.4 is 0 Å². The highest BCUT2D eigenvalue weighted by atomic mass is 16.3. The molecule has 3 heterocycles. The molecule has 0 bridgehead atoms. The average molecular weight is 411 g/mol. The quantitative estimate of drug-likeness (QED) is 0.421. The van der Waals surface area contributed by atoms with E-state index in [0.717, 1.165) is 48.8 Å². The molecule has 1 amide bonds. The molecule has 5 rings (SSSR count). The van der Waals surface area contributed by atoms with Crippen molar-refractivity contribution in [3.05, 3.63) is 89.7 Å². The van der Waals surface area contributed by atoms with Crippen LogP contribution in [-0.4, -0.2) is 28.9 Å². The Hall–Kier alpha value is -3.40. The predicted molar refractivity (Wildman–Crippen MR) is 123 cm³/mol. The number of furan rings is 1. The first-order chi connectivity index (χ1) is 15.2. The third kappa shape index (κ3) is 4.11. The molecule has 0 atom stereocenters. The van der Waals surface area contributed by atoms with Crippen molar-refractivity contribution in [2.75, 3.05) is 13.1 Å². The highest BCUT2D eigenvalue weighted by molar-refractivity contribution is 6.07. The van der Waals surface area contributed by atoms with Crippen LogP contribution in [0.1, 0.15) is 34.3 Å². The summed E-state index contributed by atoms with van der Waals surface area (Å²) in [6.07, 6.45) is 4.79. The third-order valence-electron chi connectivity index (χ3n) is 6.24. The van der Waals surface area contributed by atoms with E-state index in [9.17, 15) is 4.79 Å². The summed E-state index contributed by atoms with van der Waals surface area (Å²) < 4.78 is 5.56. The van der Waals surface area contributed by atoms with Gasteiger partial charge in [0, 0.05) is 18.5 Å². The zero-order chi connectivity index (χ0) is 21.2. The number of amides is 1. The molecule has 0 N–H and O–H groups in total. The largest absolute Gasteiger partial charge is 0.463 e. The number of benzene rings is 2. The third-order valence-corrected chi connectivity index (χ3v) is 6.24. The monoisotopic (exact) mass is 410 g/mol. The Morgan fingerprint density at radius 3 is 2.58 bits per heavy atom. The van der Waals surface area contributed by atoms with E-state index in [-0.39, 0.29) is 5.91 Å². The molecular weight excluding hydrogens is 384 g/mol. The average Bonchev–Trinajstić information content (AvgIpc) is 3.34. The number of likely N-dealkylation sites (tertiary alicyclic amines) is 1. The number of piperidine rings is 1. The van der Waals surface area contributed by atoms with Crippen molar-refractivity contribution in [3.63, 3.8) is 0 Å². The fourth-order valence-electron chi connectivity index (χ4n) is 4.53. The van der Waals surface area contributed by atoms with E-state index in [1.54, 1.807) is 6.26 Å². The first-order valence-corrected chi connectivity index (χ1v) is 11.0. The fraction of sp³-hybridized carbons (Fsp3) is 0.259. The molecule has 1 fully saturated rings. The maximum Gasteiger partial charge on any atom is 0.254 e. The lowest BCUT2D eigenvalue weighted by Crippen LogP contribution is -2.39. The highest BCUT2D eigenvalue weighted by Crippen LogP contribution is 2.29. The van der Waals surface area contributed by atoms with Crippen LogP contribution in [0.5, 0.6) is 0 Å². The second kappa shape index (κ2) is 8.38. The number of hydrogen-bond donors (Lipinski definition) is 0. The molecule has 4 heteroatoms. The standard InChI is InChI=1S/C27H26N2O2/c1-19-9-10-24-22(16-19)23(18-25(28-24)26-8-5-15-31-26)27(30)29-13-11-21(12-14-29)17-20-6-3-2-4-7-20/h2-10,15-16,18,21H,11-14,17H2,1H3. The van der Waals surface area contributed by atoms with Crippen molar-refractivity contribution >= 4 is 16.8 Å². The van der Waals surface area contributed by atoms with Gasteiger partial charge in [-0.15, -0.1) is 0 Å². The van der Waals surface area contributed by atoms with Crippen LogP contribution in [0, 0.1) is 12.8 Å². The Morgan fingerprint density at radius 1 is 1.03 bits per heavy atom. The maximum atomic E-state index is 13.6. The van der Waals surface area contributed by atoms with E-state index < -0.39 is 0 Å². The molecule has 0 spiro atoms. The second-order valence-corrected chi connectivity index (χ2v) is 8.48. The summed E-state index contributed by atoms with van der Waals surface area (Å²) in [5.41, 5.74) is 4.73. The molecule has 4 aromatic rings. The van der Waals surface area contributed by atoms with E-state index in [1.807, 2.05) is 42.2 Å². The molecule has 0 aliphatic carbocycles. The predicted octanol–water partition coefficient (Wildman–Crippen LogP) is 5.90. The number of carbonyl (C=O) groups is 1. The van der Waals surface area contributed by atoms with Crippen molar-refractivity contribution < 1.29 is 9.21 Å². The summed E-state index contributed by atoms with van der Waals surface area (Å²) in [5.74, 6) is 1.39. The summed E-state index contributed by atoms with van der Waals surface area (Å²) in [7, 11) is 0. The van der Waals surface area contributed by atoms with Crippen molar-refractivity contribution in [1.29, 1.82) is 0 Å². The summed E-state index contributed by atoms with van der Waals surface area (Å²) >= 11 is 0. The molecule has 31 heavy (non-hydrogen) atoms. The lowest BCUT2D eigenvalue weighted by Gasteiger charge is -2.32. The number of aromatic nitrogens is 1. The van der Waals surface area contributed by atoms with Gasteiger partial charge in [-0.25, -0.2) is 4.98 Å². The molecule has 1 aliphatic heterocycles. The summed E-state index contributed by atoms with van der Waals surface area (Å²) in [5, 5.41) is 0.909. The lowest BCUT2D eigenvalue weighted by molar-refractivity contribution is 0.0692. The van der Waals surface area contributed by atoms with Gasteiger partial charge in [0.05, 0.1) is 17.3 Å². The number of nitrogens with zero attached hydrogens (tertiary/aromatic N) is 2. The van der Waals surface area contributed by atoms with E-state index in [2.05, 4.69) is 36.4 Å². The number of aryl methyl sites for hydroxylation is 1. The minimum Gasteiger partial charge on any atom is -0.463 e. The lowest BCUT2D eigenvalue weighted by atomic mass is 9.90. The van der Waals surface area contributed by atoms with Crippen LogP contribution >= 0.6 is 0 Å². The Balaban J connectivity index is 1.40. The minimum absolute atomic E-state index is 0.0870. The van der Waals surface area contributed by atoms with Gasteiger partial charge in [0.2, 0.25) is 0 Å². The van der Waals surface area contributed by atoms with Gasteiger partial charge in [0.25, 0.3) is 5.91 Å². The van der Waals surface area contributed by atoms with Crippen molar-refractivity contribution in [1.82, 2.24) is 9.88 Å². The van der Waals surface area contributed by atoms with Crippen LogP contribution in [0.4, 0.5) is 0 Å². The van der Waals surface area contributed by atoms with Crippen LogP contribution in [0.2, 0.25) is 0 Å². The Kier molecular flexibility index (Phi) is 5.29. The topological polar surface area (TPSA) is 46.3 Å². The molecule has 0 saturated carbocycles. The van der Waals surface area contributed by atoms with Crippen LogP contribution in [-0.2, 0) is 6.42 Å². The van der Waals surface area contributed by atoms with Crippen LogP contribution in [0.15, 0.2) is 77.4 Å². The van der Waals surface area contributed by atoms with Crippen LogP contribution in [0.3, 0.4) is 0 Å². The summed E-state index contributed by atoms with van der Waals surface area (Å²) in [6.45, 7) is 3.63. The van der Waals surface area contributed by atoms with Gasteiger partial charge in [-0.05, 0) is 68.0 Å². The van der Waals surface area contributed by atoms with E-state index in [0.29, 0.717) is 22.9 Å². The van der Waals surface area contributed by atoms with Gasteiger partial charge in [-0.2, -0.15) is 0 Å². The first kappa shape index (κ1) is 19.6. The van der Waals surface area contributed by atoms with Crippen molar-refractivity contribution in [2.24, 2.45) is 5.92 Å². The van der Waals surface area contributed by atoms with Gasteiger partial charge in [-0.3, -0.25) is 4.79 Å². The molecule has 0 radical (unpaired) electrons. The van der Waals surface area contributed by atoms with Gasteiger partial charge < -0.3 is 9.32 Å². The fourth-order valence-corrected chi connectivity index (χ4v) is 4.53. The Morgan fingerprint density at radius 2 is 1.84 bits per heavy atom. The van der Waals surface area contributed by atoms with Gasteiger partial charge >= 0.3 is 0 Å². The highest BCUT2D eigenvalue weighted by Gasteiger charge is 2.26. The van der Waals surface area contributed by atoms with E-state index in [4.69, 9.17) is 9.40 Å². The second-order valence-electron chi connectivity index (χ2n) is 8.48. The van der Waals surface area contributed by atoms with Crippen LogP contribution in [0.25, 0.3) is 22.4 Å². The first-order valence-electron chi connectivity index (χ1n) is 11.0. The Bertz CT molecular complexity index is 1190. The summed E-state index contributed by atoms with van der Waals surface area (Å²) in [4.78, 5) is 20.3. The number of rotatable bonds is 4. The van der Waals surface area contributed by atoms with E-state index >= 15 is 0 Å². The van der Waals surface area contributed by atoms with E-state index in [1.165, 1.54) is 5.56 Å². The van der Waals surface area contributed by atoms with Crippen molar-refractivity contribution in [3.8, 4) is 11.5 Å². The number of pyridine rings is 1. The molecular formula is C27H26N2O2. The molecule has 2 aromatic heterocycles. The maximum absolute atomic E-state index is 13.6. The molecule has 2 aromatic carbocycles. The number of fused-ring (bicyclic) bond motifs is 1. The SMILES string of the molecule is Cc1ccc2nc(-c3ccco3)cc(C(=O)N3CCC(Cc4ccccc4)CC3)c2c1. The van der Waals surface area contributed by atoms with Crippen molar-refractivity contribution in [2.45, 2.75) is 26.2 Å². The smallest absolute Gasteiger partial charge is 0.254 e. The molecule has 4 nitrogen and oxygen atoms in total. The molecule has 156 valence electrons. The number of carbonyl (C=O) groups excluding carboxylic acids is 1. The molecule has 1 aliphatic rings.